The van der Waals surface area contributed by atoms with Crippen LogP contribution < -0.4 is 5.32 Å². The quantitative estimate of drug-likeness (QED) is 0.769. The number of hydrogen-bond acceptors (Lipinski definition) is 5. The average molecular weight is 396 g/mol. The van der Waals surface area contributed by atoms with Crippen LogP contribution in [0.1, 0.15) is 64.4 Å². The molecule has 0 saturated carbocycles. The largest absolute Gasteiger partial charge is 0.459 e. The Morgan fingerprint density at radius 3 is 2.81 bits per heavy atom. The first kappa shape index (κ1) is 18.9. The molecule has 1 aliphatic rings. The van der Waals surface area contributed by atoms with E-state index < -0.39 is 0 Å². The van der Waals surface area contributed by atoms with Crippen molar-refractivity contribution in [1.29, 1.82) is 0 Å². The van der Waals surface area contributed by atoms with E-state index in [1.54, 1.807) is 7.05 Å². The van der Waals surface area contributed by atoms with Crippen LogP contribution in [0.2, 0.25) is 5.02 Å². The van der Waals surface area contributed by atoms with Gasteiger partial charge in [0.1, 0.15) is 10.7 Å². The number of anilines is 1. The maximum atomic E-state index is 12.8. The number of ether oxygens (including phenoxy) is 1. The number of carbonyl (C=O) groups excluding carboxylic acids is 2. The number of aromatic nitrogens is 2. The second-order valence-corrected chi connectivity index (χ2v) is 7.97. The molecule has 0 radical (unpaired) electrons. The lowest BCUT2D eigenvalue weighted by Crippen LogP contribution is -2.20. The van der Waals surface area contributed by atoms with Crippen molar-refractivity contribution >= 4 is 39.8 Å². The van der Waals surface area contributed by atoms with Crippen LogP contribution in [-0.4, -0.2) is 27.8 Å². The van der Waals surface area contributed by atoms with Crippen molar-refractivity contribution in [3.63, 3.8) is 0 Å². The minimum atomic E-state index is -0.383. The summed E-state index contributed by atoms with van der Waals surface area (Å²) >= 11 is 7.52. The van der Waals surface area contributed by atoms with Crippen LogP contribution in [0.15, 0.2) is 6.20 Å². The van der Waals surface area contributed by atoms with E-state index in [1.807, 2.05) is 13.8 Å². The van der Waals surface area contributed by atoms with E-state index in [2.05, 4.69) is 10.4 Å². The second-order valence-electron chi connectivity index (χ2n) is 6.46. The molecule has 2 aromatic rings. The zero-order chi connectivity index (χ0) is 18.8. The Morgan fingerprint density at radius 2 is 2.15 bits per heavy atom. The third kappa shape index (κ3) is 3.64. The molecule has 1 atom stereocenters. The summed E-state index contributed by atoms with van der Waals surface area (Å²) in [6.45, 7) is 3.83. The zero-order valence-corrected chi connectivity index (χ0v) is 16.7. The number of carbonyl (C=O) groups is 2. The molecule has 0 spiro atoms. The summed E-state index contributed by atoms with van der Waals surface area (Å²) in [5, 5.41) is 7.65. The Bertz CT molecular complexity index is 824. The van der Waals surface area contributed by atoms with E-state index >= 15 is 0 Å². The van der Waals surface area contributed by atoms with Gasteiger partial charge >= 0.3 is 5.97 Å². The predicted molar refractivity (Wildman–Crippen MR) is 102 cm³/mol. The number of thiophene rings is 1. The van der Waals surface area contributed by atoms with E-state index in [9.17, 15) is 9.59 Å². The maximum absolute atomic E-state index is 12.8. The summed E-state index contributed by atoms with van der Waals surface area (Å²) in [5.41, 5.74) is 1.77. The smallest absolute Gasteiger partial charge is 0.341 e. The Labute approximate surface area is 161 Å². The molecule has 140 valence electrons. The lowest BCUT2D eigenvalue weighted by molar-refractivity contribution is 0.0335. The van der Waals surface area contributed by atoms with Crippen molar-refractivity contribution in [3.05, 3.63) is 32.9 Å². The van der Waals surface area contributed by atoms with Gasteiger partial charge < -0.3 is 10.1 Å². The van der Waals surface area contributed by atoms with Gasteiger partial charge in [0.05, 0.1) is 22.9 Å². The molecule has 0 fully saturated rings. The van der Waals surface area contributed by atoms with Crippen LogP contribution in [0.25, 0.3) is 0 Å². The standard InChI is InChI=1S/C18H22ClN3O3S/c1-4-10(2)25-18(24)14-11-7-5-6-8-13(11)26-17(14)21-16(23)15-12(19)9-20-22(15)3/h9-10H,4-8H2,1-3H3,(H,21,23). The molecule has 0 bridgehead atoms. The highest BCUT2D eigenvalue weighted by Crippen LogP contribution is 2.39. The van der Waals surface area contributed by atoms with E-state index in [0.717, 1.165) is 42.5 Å². The van der Waals surface area contributed by atoms with Crippen LogP contribution in [-0.2, 0) is 24.6 Å². The highest BCUT2D eigenvalue weighted by molar-refractivity contribution is 7.17. The maximum Gasteiger partial charge on any atom is 0.341 e. The molecular formula is C18H22ClN3O3S. The van der Waals surface area contributed by atoms with E-state index in [1.165, 1.54) is 22.2 Å². The Morgan fingerprint density at radius 1 is 1.42 bits per heavy atom. The summed E-state index contributed by atoms with van der Waals surface area (Å²) in [7, 11) is 1.65. The monoisotopic (exact) mass is 395 g/mol. The van der Waals surface area contributed by atoms with Gasteiger partial charge in [0.25, 0.3) is 5.91 Å². The Kier molecular flexibility index (Phi) is 5.67. The highest BCUT2D eigenvalue weighted by atomic mass is 35.5. The number of nitrogens with one attached hydrogen (secondary N) is 1. The highest BCUT2D eigenvalue weighted by Gasteiger charge is 2.29. The first-order valence-electron chi connectivity index (χ1n) is 8.76. The molecule has 26 heavy (non-hydrogen) atoms. The topological polar surface area (TPSA) is 73.2 Å². The van der Waals surface area contributed by atoms with E-state index in [4.69, 9.17) is 16.3 Å². The van der Waals surface area contributed by atoms with Gasteiger partial charge in [-0.25, -0.2) is 4.79 Å². The summed E-state index contributed by atoms with van der Waals surface area (Å²) in [4.78, 5) is 26.6. The molecule has 8 heteroatoms. The normalized spacial score (nSPS) is 14.6. The van der Waals surface area contributed by atoms with Crippen molar-refractivity contribution in [2.24, 2.45) is 7.05 Å². The molecular weight excluding hydrogens is 374 g/mol. The minimum Gasteiger partial charge on any atom is -0.459 e. The van der Waals surface area contributed by atoms with Gasteiger partial charge in [-0.1, -0.05) is 18.5 Å². The van der Waals surface area contributed by atoms with Crippen LogP contribution in [0.3, 0.4) is 0 Å². The minimum absolute atomic E-state index is 0.170. The Balaban J connectivity index is 1.94. The summed E-state index contributed by atoms with van der Waals surface area (Å²) < 4.78 is 6.96. The van der Waals surface area contributed by atoms with Gasteiger partial charge in [-0.2, -0.15) is 5.10 Å². The summed E-state index contributed by atoms with van der Waals surface area (Å²) in [5.74, 6) is -0.753. The lowest BCUT2D eigenvalue weighted by atomic mass is 9.95. The summed E-state index contributed by atoms with van der Waals surface area (Å²) in [6, 6.07) is 0. The summed E-state index contributed by atoms with van der Waals surface area (Å²) in [6.07, 6.45) is 5.88. The molecule has 1 N–H and O–H groups in total. The van der Waals surface area contributed by atoms with Crippen molar-refractivity contribution < 1.29 is 14.3 Å². The number of fused-ring (bicyclic) bond motifs is 1. The number of esters is 1. The predicted octanol–water partition coefficient (Wildman–Crippen LogP) is 4.22. The third-order valence-electron chi connectivity index (χ3n) is 4.59. The van der Waals surface area contributed by atoms with Crippen LogP contribution in [0.5, 0.6) is 0 Å². The number of rotatable bonds is 5. The fraction of sp³-hybridized carbons (Fsp3) is 0.500. The molecule has 0 saturated heterocycles. The molecule has 2 heterocycles. The molecule has 3 rings (SSSR count). The molecule has 6 nitrogen and oxygen atoms in total. The van der Waals surface area contributed by atoms with Crippen molar-refractivity contribution in [2.45, 2.75) is 52.1 Å². The van der Waals surface area contributed by atoms with Gasteiger partial charge in [0, 0.05) is 11.9 Å². The van der Waals surface area contributed by atoms with E-state index in [0.29, 0.717) is 10.6 Å². The van der Waals surface area contributed by atoms with Crippen molar-refractivity contribution in [2.75, 3.05) is 5.32 Å². The SMILES string of the molecule is CCC(C)OC(=O)c1c(NC(=O)c2c(Cl)cnn2C)sc2c1CCCC2. The lowest BCUT2D eigenvalue weighted by Gasteiger charge is -2.15. The van der Waals surface area contributed by atoms with Gasteiger partial charge in [0.2, 0.25) is 0 Å². The number of hydrogen-bond donors (Lipinski definition) is 1. The first-order chi connectivity index (χ1) is 12.4. The number of nitrogens with zero attached hydrogens (tertiary/aromatic N) is 2. The molecule has 0 aliphatic heterocycles. The van der Waals surface area contributed by atoms with Crippen LogP contribution >= 0.6 is 22.9 Å². The van der Waals surface area contributed by atoms with Gasteiger partial charge in [-0.3, -0.25) is 9.48 Å². The van der Waals surface area contributed by atoms with Gasteiger partial charge in [-0.15, -0.1) is 11.3 Å². The fourth-order valence-corrected chi connectivity index (χ4v) is 4.55. The zero-order valence-electron chi connectivity index (χ0n) is 15.1. The molecule has 2 aromatic heterocycles. The van der Waals surface area contributed by atoms with Crippen LogP contribution in [0, 0.1) is 0 Å². The first-order valence-corrected chi connectivity index (χ1v) is 9.96. The Hall–Kier alpha value is -1.86. The number of amides is 1. The number of aryl methyl sites for hydroxylation is 2. The van der Waals surface area contributed by atoms with Crippen LogP contribution in [0.4, 0.5) is 5.00 Å². The van der Waals surface area contributed by atoms with Gasteiger partial charge in [0.15, 0.2) is 0 Å². The number of halogens is 1. The molecule has 1 unspecified atom stereocenters. The van der Waals surface area contributed by atoms with Crippen molar-refractivity contribution in [3.8, 4) is 0 Å². The van der Waals surface area contributed by atoms with Crippen molar-refractivity contribution in [1.82, 2.24) is 9.78 Å². The molecule has 1 amide bonds. The average Bonchev–Trinajstić information content (AvgIpc) is 3.13. The second kappa shape index (κ2) is 7.80. The van der Waals surface area contributed by atoms with E-state index in [-0.39, 0.29) is 28.7 Å². The fourth-order valence-electron chi connectivity index (χ4n) is 3.02. The molecule has 0 aromatic carbocycles. The van der Waals surface area contributed by atoms with Gasteiger partial charge in [-0.05, 0) is 44.6 Å². The third-order valence-corrected chi connectivity index (χ3v) is 6.08. The molecule has 1 aliphatic carbocycles.